The van der Waals surface area contributed by atoms with Crippen molar-refractivity contribution in [1.29, 1.82) is 0 Å². The van der Waals surface area contributed by atoms with Gasteiger partial charge in [0, 0.05) is 31.1 Å². The molecule has 3 aromatic rings. The second-order valence-electron chi connectivity index (χ2n) is 4.73. The van der Waals surface area contributed by atoms with Gasteiger partial charge in [0.2, 0.25) is 0 Å². The Labute approximate surface area is 127 Å². The van der Waals surface area contributed by atoms with Gasteiger partial charge in [-0.15, -0.1) is 0 Å². The van der Waals surface area contributed by atoms with Crippen molar-refractivity contribution in [1.82, 2.24) is 14.5 Å². The molecular weight excluding hydrogens is 278 g/mol. The largest absolute Gasteiger partial charge is 0.373 e. The highest BCUT2D eigenvalue weighted by Crippen LogP contribution is 2.26. The topological polar surface area (TPSA) is 85.8 Å². The molecule has 0 saturated carbocycles. The molecule has 0 aliphatic heterocycles. The van der Waals surface area contributed by atoms with E-state index >= 15 is 0 Å². The van der Waals surface area contributed by atoms with Gasteiger partial charge in [-0.05, 0) is 5.56 Å². The molecule has 0 spiro atoms. The first-order valence-electron chi connectivity index (χ1n) is 6.76. The number of nitrogens with zero attached hydrogens (tertiary/aromatic N) is 3. The first-order valence-corrected chi connectivity index (χ1v) is 6.76. The molecule has 3 N–H and O–H groups in total. The number of hydrogen-bond acceptors (Lipinski definition) is 4. The van der Waals surface area contributed by atoms with Gasteiger partial charge in [-0.2, -0.15) is 0 Å². The minimum Gasteiger partial charge on any atom is -0.373 e. The molecule has 3 rings (SSSR count). The van der Waals surface area contributed by atoms with Crippen molar-refractivity contribution >= 4 is 11.7 Å². The second-order valence-corrected chi connectivity index (χ2v) is 4.73. The Kier molecular flexibility index (Phi) is 3.57. The van der Waals surface area contributed by atoms with E-state index in [4.69, 9.17) is 5.73 Å². The quantitative estimate of drug-likeness (QED) is 0.771. The van der Waals surface area contributed by atoms with Gasteiger partial charge in [-0.25, -0.2) is 9.97 Å². The number of carbonyl (C=O) groups is 1. The van der Waals surface area contributed by atoms with E-state index in [-0.39, 0.29) is 0 Å². The Hall–Kier alpha value is -3.15. The van der Waals surface area contributed by atoms with Crippen LogP contribution in [0.2, 0.25) is 0 Å². The van der Waals surface area contributed by atoms with Crippen LogP contribution in [0.25, 0.3) is 16.9 Å². The number of aromatic nitrogens is 3. The molecule has 2 heterocycles. The van der Waals surface area contributed by atoms with E-state index in [2.05, 4.69) is 15.3 Å². The second kappa shape index (κ2) is 5.69. The predicted molar refractivity (Wildman–Crippen MR) is 84.9 cm³/mol. The van der Waals surface area contributed by atoms with Crippen LogP contribution in [0.5, 0.6) is 0 Å². The van der Waals surface area contributed by atoms with Crippen molar-refractivity contribution < 1.29 is 4.79 Å². The predicted octanol–water partition coefficient (Wildman–Crippen LogP) is 2.07. The van der Waals surface area contributed by atoms with Crippen LogP contribution in [0.3, 0.4) is 0 Å². The van der Waals surface area contributed by atoms with Crippen molar-refractivity contribution in [3.63, 3.8) is 0 Å². The Morgan fingerprint density at radius 2 is 1.95 bits per heavy atom. The lowest BCUT2D eigenvalue weighted by Crippen LogP contribution is -2.11. The summed E-state index contributed by atoms with van der Waals surface area (Å²) in [6.45, 7) is 0. The summed E-state index contributed by atoms with van der Waals surface area (Å²) >= 11 is 0. The van der Waals surface area contributed by atoms with Gasteiger partial charge < -0.3 is 15.6 Å². The van der Waals surface area contributed by atoms with Crippen LogP contribution in [-0.2, 0) is 0 Å². The summed E-state index contributed by atoms with van der Waals surface area (Å²) in [5.74, 6) is 0.880. The van der Waals surface area contributed by atoms with E-state index in [1.54, 1.807) is 23.9 Å². The van der Waals surface area contributed by atoms with Crippen molar-refractivity contribution in [2.24, 2.45) is 5.73 Å². The van der Waals surface area contributed by atoms with Gasteiger partial charge in [0.15, 0.2) is 0 Å². The van der Waals surface area contributed by atoms with E-state index in [1.807, 2.05) is 36.5 Å². The number of nitrogens with two attached hydrogens (primary N) is 1. The van der Waals surface area contributed by atoms with Crippen LogP contribution in [0.1, 0.15) is 10.4 Å². The van der Waals surface area contributed by atoms with Crippen LogP contribution in [0.15, 0.2) is 55.1 Å². The van der Waals surface area contributed by atoms with Gasteiger partial charge in [0.25, 0.3) is 5.91 Å². The van der Waals surface area contributed by atoms with Crippen molar-refractivity contribution in [3.8, 4) is 16.9 Å². The first-order chi connectivity index (χ1) is 10.7. The van der Waals surface area contributed by atoms with E-state index in [9.17, 15) is 4.79 Å². The number of benzene rings is 1. The van der Waals surface area contributed by atoms with Gasteiger partial charge >= 0.3 is 0 Å². The Balaban J connectivity index is 2.13. The molecule has 22 heavy (non-hydrogen) atoms. The summed E-state index contributed by atoms with van der Waals surface area (Å²) in [5.41, 5.74) is 7.66. The number of nitrogens with one attached hydrogen (secondary N) is 1. The molecule has 0 fully saturated rings. The molecule has 6 heteroatoms. The summed E-state index contributed by atoms with van der Waals surface area (Å²) in [5, 5.41) is 2.96. The van der Waals surface area contributed by atoms with E-state index < -0.39 is 5.91 Å². The lowest BCUT2D eigenvalue weighted by Gasteiger charge is -2.03. The van der Waals surface area contributed by atoms with Crippen LogP contribution in [-0.4, -0.2) is 27.5 Å². The highest BCUT2D eigenvalue weighted by atomic mass is 16.1. The molecular formula is C16H15N5O. The molecule has 1 amide bonds. The molecule has 0 aliphatic carbocycles. The summed E-state index contributed by atoms with van der Waals surface area (Å²) in [6, 6.07) is 11.4. The maximum atomic E-state index is 11.7. The molecule has 0 radical (unpaired) electrons. The molecule has 0 atom stereocenters. The minimum absolute atomic E-state index is 0.454. The Bertz CT molecular complexity index is 810. The molecule has 0 saturated heterocycles. The average molecular weight is 293 g/mol. The normalized spacial score (nSPS) is 10.4. The van der Waals surface area contributed by atoms with Crippen LogP contribution in [0.4, 0.5) is 5.82 Å². The van der Waals surface area contributed by atoms with E-state index in [0.717, 1.165) is 11.1 Å². The molecule has 0 aliphatic rings. The van der Waals surface area contributed by atoms with Gasteiger partial charge in [-0.1, -0.05) is 30.3 Å². The van der Waals surface area contributed by atoms with Crippen LogP contribution >= 0.6 is 0 Å². The lowest BCUT2D eigenvalue weighted by atomic mass is 10.0. The zero-order chi connectivity index (χ0) is 15.5. The number of hydrogen-bond donors (Lipinski definition) is 2. The molecule has 0 unspecified atom stereocenters. The standard InChI is InChI=1S/C16H15N5O/c1-18-14-7-15(20-10-19-14)21-8-12(13(9-21)16(17)22)11-5-3-2-4-6-11/h2-10H,1H3,(H2,17,22)(H,18,19,20). The fourth-order valence-electron chi connectivity index (χ4n) is 2.26. The highest BCUT2D eigenvalue weighted by Gasteiger charge is 2.14. The third-order valence-electron chi connectivity index (χ3n) is 3.35. The third kappa shape index (κ3) is 2.54. The zero-order valence-electron chi connectivity index (χ0n) is 12.0. The fourth-order valence-corrected chi connectivity index (χ4v) is 2.26. The van der Waals surface area contributed by atoms with Crippen molar-refractivity contribution in [3.05, 3.63) is 60.7 Å². The number of amides is 1. The van der Waals surface area contributed by atoms with Crippen LogP contribution < -0.4 is 11.1 Å². The fraction of sp³-hybridized carbons (Fsp3) is 0.0625. The van der Waals surface area contributed by atoms with Gasteiger partial charge in [0.1, 0.15) is 18.0 Å². The molecule has 1 aromatic carbocycles. The number of anilines is 1. The Morgan fingerprint density at radius 1 is 1.18 bits per heavy atom. The summed E-state index contributed by atoms with van der Waals surface area (Å²) in [6.07, 6.45) is 5.00. The number of rotatable bonds is 4. The molecule has 0 bridgehead atoms. The van der Waals surface area contributed by atoms with E-state index in [1.165, 1.54) is 6.33 Å². The molecule has 6 nitrogen and oxygen atoms in total. The zero-order valence-corrected chi connectivity index (χ0v) is 12.0. The van der Waals surface area contributed by atoms with Crippen LogP contribution in [0, 0.1) is 0 Å². The van der Waals surface area contributed by atoms with Gasteiger partial charge in [0.05, 0.1) is 5.56 Å². The van der Waals surface area contributed by atoms with E-state index in [0.29, 0.717) is 17.2 Å². The van der Waals surface area contributed by atoms with Crippen molar-refractivity contribution in [2.75, 3.05) is 12.4 Å². The number of carbonyl (C=O) groups excluding carboxylic acids is 1. The lowest BCUT2D eigenvalue weighted by molar-refractivity contribution is 0.100. The Morgan fingerprint density at radius 3 is 2.64 bits per heavy atom. The number of primary amides is 1. The SMILES string of the molecule is CNc1cc(-n2cc(C(N)=O)c(-c3ccccc3)c2)ncn1. The maximum Gasteiger partial charge on any atom is 0.250 e. The van der Waals surface area contributed by atoms with Gasteiger partial charge in [-0.3, -0.25) is 4.79 Å². The monoisotopic (exact) mass is 293 g/mol. The third-order valence-corrected chi connectivity index (χ3v) is 3.35. The minimum atomic E-state index is -0.472. The smallest absolute Gasteiger partial charge is 0.250 e. The summed E-state index contributed by atoms with van der Waals surface area (Å²) in [4.78, 5) is 20.0. The molecule has 110 valence electrons. The summed E-state index contributed by atoms with van der Waals surface area (Å²) < 4.78 is 1.77. The van der Waals surface area contributed by atoms with Crippen molar-refractivity contribution in [2.45, 2.75) is 0 Å². The molecule has 2 aromatic heterocycles. The summed E-state index contributed by atoms with van der Waals surface area (Å²) in [7, 11) is 1.78. The highest BCUT2D eigenvalue weighted by molar-refractivity contribution is 6.00. The maximum absolute atomic E-state index is 11.7. The first kappa shape index (κ1) is 13.8. The average Bonchev–Trinajstić information content (AvgIpc) is 3.01.